The Kier molecular flexibility index (Phi) is 4.38. The first-order valence-corrected chi connectivity index (χ1v) is 8.20. The van der Waals surface area contributed by atoms with E-state index in [1.54, 1.807) is 4.90 Å². The predicted octanol–water partition coefficient (Wildman–Crippen LogP) is 3.60. The zero-order valence-corrected chi connectivity index (χ0v) is 14.3. The van der Waals surface area contributed by atoms with Crippen molar-refractivity contribution in [2.45, 2.75) is 27.2 Å². The number of carbonyl (C=O) groups is 2. The molecule has 2 aromatic rings. The van der Waals surface area contributed by atoms with E-state index in [0.717, 1.165) is 28.1 Å². The Balaban J connectivity index is 1.73. The lowest BCUT2D eigenvalue weighted by atomic mass is 10.1. The maximum absolute atomic E-state index is 12.5. The van der Waals surface area contributed by atoms with Crippen molar-refractivity contribution in [3.05, 3.63) is 59.2 Å². The molecule has 1 atom stereocenters. The van der Waals surface area contributed by atoms with Crippen LogP contribution in [0, 0.1) is 26.7 Å². The molecule has 0 aromatic heterocycles. The molecular weight excluding hydrogens is 300 g/mol. The van der Waals surface area contributed by atoms with Crippen LogP contribution in [0.3, 0.4) is 0 Å². The van der Waals surface area contributed by atoms with Crippen LogP contribution in [0.25, 0.3) is 0 Å². The highest BCUT2D eigenvalue weighted by molar-refractivity contribution is 6.03. The van der Waals surface area contributed by atoms with Crippen molar-refractivity contribution in [3.63, 3.8) is 0 Å². The van der Waals surface area contributed by atoms with Gasteiger partial charge in [0.1, 0.15) is 0 Å². The van der Waals surface area contributed by atoms with Crippen LogP contribution >= 0.6 is 0 Å². The number of hydrogen-bond donors (Lipinski definition) is 1. The second-order valence-electron chi connectivity index (χ2n) is 6.48. The number of amides is 2. The lowest BCUT2D eigenvalue weighted by molar-refractivity contribution is -0.122. The molecule has 1 heterocycles. The number of aryl methyl sites for hydroxylation is 2. The Labute approximate surface area is 142 Å². The molecular formula is C20H22N2O2. The van der Waals surface area contributed by atoms with E-state index >= 15 is 0 Å². The molecule has 0 spiro atoms. The van der Waals surface area contributed by atoms with E-state index in [4.69, 9.17) is 0 Å². The standard InChI is InChI=1S/C20H22N2O2/c1-13-7-9-17(10-8-13)21-20(24)16-11-19(23)22(12-16)18-6-4-5-14(2)15(18)3/h4-10,16H,11-12H2,1-3H3,(H,21,24)/t16-/m0/s1. The largest absolute Gasteiger partial charge is 0.326 e. The van der Waals surface area contributed by atoms with Crippen molar-refractivity contribution in [3.8, 4) is 0 Å². The summed E-state index contributed by atoms with van der Waals surface area (Å²) < 4.78 is 0. The minimum atomic E-state index is -0.321. The van der Waals surface area contributed by atoms with Gasteiger partial charge in [-0.3, -0.25) is 9.59 Å². The monoisotopic (exact) mass is 322 g/mol. The van der Waals surface area contributed by atoms with Gasteiger partial charge in [0.25, 0.3) is 0 Å². The van der Waals surface area contributed by atoms with Gasteiger partial charge in [-0.1, -0.05) is 29.8 Å². The third-order valence-electron chi connectivity index (χ3n) is 4.68. The fourth-order valence-corrected chi connectivity index (χ4v) is 3.03. The lowest BCUT2D eigenvalue weighted by Crippen LogP contribution is -2.28. The van der Waals surface area contributed by atoms with Crippen molar-refractivity contribution in [2.24, 2.45) is 5.92 Å². The molecule has 0 aliphatic carbocycles. The first-order valence-electron chi connectivity index (χ1n) is 8.20. The third-order valence-corrected chi connectivity index (χ3v) is 4.68. The van der Waals surface area contributed by atoms with Crippen LogP contribution in [-0.2, 0) is 9.59 Å². The summed E-state index contributed by atoms with van der Waals surface area (Å²) in [6, 6.07) is 13.6. The minimum Gasteiger partial charge on any atom is -0.326 e. The van der Waals surface area contributed by atoms with E-state index in [0.29, 0.717) is 6.54 Å². The van der Waals surface area contributed by atoms with Gasteiger partial charge in [-0.25, -0.2) is 0 Å². The average molecular weight is 322 g/mol. The molecule has 1 aliphatic rings. The molecule has 2 amide bonds. The van der Waals surface area contributed by atoms with Crippen LogP contribution < -0.4 is 10.2 Å². The fraction of sp³-hybridized carbons (Fsp3) is 0.300. The zero-order valence-electron chi connectivity index (χ0n) is 14.3. The number of anilines is 2. The summed E-state index contributed by atoms with van der Waals surface area (Å²) in [6.45, 7) is 6.47. The second-order valence-corrected chi connectivity index (χ2v) is 6.48. The van der Waals surface area contributed by atoms with E-state index < -0.39 is 0 Å². The second kappa shape index (κ2) is 6.48. The number of nitrogens with zero attached hydrogens (tertiary/aromatic N) is 1. The highest BCUT2D eigenvalue weighted by atomic mass is 16.2. The van der Waals surface area contributed by atoms with Gasteiger partial charge in [0.2, 0.25) is 11.8 Å². The van der Waals surface area contributed by atoms with Crippen LogP contribution in [0.15, 0.2) is 42.5 Å². The van der Waals surface area contributed by atoms with Crippen LogP contribution in [0.1, 0.15) is 23.1 Å². The summed E-state index contributed by atoms with van der Waals surface area (Å²) in [5.74, 6) is -0.411. The Morgan fingerprint density at radius 1 is 1.08 bits per heavy atom. The summed E-state index contributed by atoms with van der Waals surface area (Å²) in [5, 5.41) is 2.91. The van der Waals surface area contributed by atoms with Crippen LogP contribution in [0.2, 0.25) is 0 Å². The average Bonchev–Trinajstić information content (AvgIpc) is 2.94. The van der Waals surface area contributed by atoms with Gasteiger partial charge in [0, 0.05) is 24.3 Å². The van der Waals surface area contributed by atoms with E-state index in [-0.39, 0.29) is 24.2 Å². The molecule has 1 aliphatic heterocycles. The Morgan fingerprint density at radius 3 is 2.50 bits per heavy atom. The smallest absolute Gasteiger partial charge is 0.229 e. The highest BCUT2D eigenvalue weighted by Crippen LogP contribution is 2.29. The number of carbonyl (C=O) groups excluding carboxylic acids is 2. The van der Waals surface area contributed by atoms with E-state index in [2.05, 4.69) is 5.32 Å². The number of benzene rings is 2. The normalized spacial score (nSPS) is 17.2. The van der Waals surface area contributed by atoms with E-state index in [9.17, 15) is 9.59 Å². The maximum Gasteiger partial charge on any atom is 0.229 e. The molecule has 1 fully saturated rings. The molecule has 124 valence electrons. The third kappa shape index (κ3) is 3.18. The van der Waals surface area contributed by atoms with Crippen molar-refractivity contribution < 1.29 is 9.59 Å². The molecule has 3 rings (SSSR count). The first-order chi connectivity index (χ1) is 11.5. The number of rotatable bonds is 3. The summed E-state index contributed by atoms with van der Waals surface area (Å²) in [7, 11) is 0. The van der Waals surface area contributed by atoms with Gasteiger partial charge >= 0.3 is 0 Å². The minimum absolute atomic E-state index is 0.00718. The van der Waals surface area contributed by atoms with Gasteiger partial charge in [0.05, 0.1) is 5.92 Å². The van der Waals surface area contributed by atoms with Gasteiger partial charge < -0.3 is 10.2 Å². The van der Waals surface area contributed by atoms with Crippen molar-refractivity contribution in [1.29, 1.82) is 0 Å². The highest BCUT2D eigenvalue weighted by Gasteiger charge is 2.35. The fourth-order valence-electron chi connectivity index (χ4n) is 3.03. The van der Waals surface area contributed by atoms with Gasteiger partial charge in [-0.2, -0.15) is 0 Å². The van der Waals surface area contributed by atoms with Crippen molar-refractivity contribution in [2.75, 3.05) is 16.8 Å². The van der Waals surface area contributed by atoms with Gasteiger partial charge in [0.15, 0.2) is 0 Å². The quantitative estimate of drug-likeness (QED) is 0.938. The van der Waals surface area contributed by atoms with Crippen LogP contribution in [0.4, 0.5) is 11.4 Å². The van der Waals surface area contributed by atoms with Gasteiger partial charge in [-0.15, -0.1) is 0 Å². The molecule has 1 saturated heterocycles. The summed E-state index contributed by atoms with van der Waals surface area (Å²) in [5.41, 5.74) is 5.05. The molecule has 24 heavy (non-hydrogen) atoms. The Morgan fingerprint density at radius 2 is 1.79 bits per heavy atom. The first kappa shape index (κ1) is 16.2. The molecule has 0 bridgehead atoms. The van der Waals surface area contributed by atoms with Gasteiger partial charge in [-0.05, 0) is 50.1 Å². The molecule has 4 nitrogen and oxygen atoms in total. The zero-order chi connectivity index (χ0) is 17.3. The van der Waals surface area contributed by atoms with Crippen LogP contribution in [-0.4, -0.2) is 18.4 Å². The molecule has 2 aromatic carbocycles. The maximum atomic E-state index is 12.5. The van der Waals surface area contributed by atoms with Crippen LogP contribution in [0.5, 0.6) is 0 Å². The number of hydrogen-bond acceptors (Lipinski definition) is 2. The Hall–Kier alpha value is -2.62. The molecule has 0 saturated carbocycles. The van der Waals surface area contributed by atoms with E-state index in [1.165, 1.54) is 0 Å². The predicted molar refractivity (Wildman–Crippen MR) is 96.2 cm³/mol. The molecule has 0 unspecified atom stereocenters. The van der Waals surface area contributed by atoms with E-state index in [1.807, 2.05) is 63.2 Å². The topological polar surface area (TPSA) is 49.4 Å². The summed E-state index contributed by atoms with van der Waals surface area (Å²) in [6.07, 6.45) is 0.255. The SMILES string of the molecule is Cc1ccc(NC(=O)[C@H]2CC(=O)N(c3cccc(C)c3C)C2)cc1. The van der Waals surface area contributed by atoms with Crippen molar-refractivity contribution in [1.82, 2.24) is 0 Å². The Bertz CT molecular complexity index is 781. The molecule has 0 radical (unpaired) electrons. The molecule has 4 heteroatoms. The summed E-state index contributed by atoms with van der Waals surface area (Å²) in [4.78, 5) is 26.6. The summed E-state index contributed by atoms with van der Waals surface area (Å²) >= 11 is 0. The molecule has 1 N–H and O–H groups in total. The lowest BCUT2D eigenvalue weighted by Gasteiger charge is -2.20. The van der Waals surface area contributed by atoms with Crippen molar-refractivity contribution >= 4 is 23.2 Å². The number of nitrogens with one attached hydrogen (secondary N) is 1.